The van der Waals surface area contributed by atoms with Gasteiger partial charge in [-0.1, -0.05) is 37.3 Å². The average molecular weight is 313 g/mol. The Balaban J connectivity index is 1.72. The Hall–Kier alpha value is -1.60. The number of rotatable bonds is 6. The minimum Gasteiger partial charge on any atom is -0.445 e. The van der Waals surface area contributed by atoms with Crippen LogP contribution in [-0.4, -0.2) is 33.4 Å². The van der Waals surface area contributed by atoms with E-state index in [0.717, 1.165) is 11.8 Å². The molecule has 1 aliphatic rings. The quantitative estimate of drug-likeness (QED) is 0.808. The number of hydrogen-bond donors (Lipinski definition) is 1. The molecule has 1 N–H and O–H groups in total. The van der Waals surface area contributed by atoms with Gasteiger partial charge in [0.25, 0.3) is 10.1 Å². The minimum absolute atomic E-state index is 0.0649. The van der Waals surface area contributed by atoms with E-state index in [2.05, 4.69) is 5.32 Å². The van der Waals surface area contributed by atoms with E-state index in [1.165, 1.54) is 0 Å². The molecule has 2 atom stereocenters. The summed E-state index contributed by atoms with van der Waals surface area (Å²) in [4.78, 5) is 11.7. The first-order chi connectivity index (χ1) is 9.78. The van der Waals surface area contributed by atoms with Crippen molar-refractivity contribution < 1.29 is 22.1 Å². The zero-order valence-electron chi connectivity index (χ0n) is 12.0. The maximum atomic E-state index is 11.7. The van der Waals surface area contributed by atoms with Crippen LogP contribution in [0.5, 0.6) is 0 Å². The smallest absolute Gasteiger partial charge is 0.407 e. The number of benzene rings is 1. The summed E-state index contributed by atoms with van der Waals surface area (Å²) in [6.07, 6.45) is 1.17. The molecule has 1 aromatic rings. The van der Waals surface area contributed by atoms with Gasteiger partial charge in [0, 0.05) is 11.5 Å². The van der Waals surface area contributed by atoms with E-state index in [1.54, 1.807) is 0 Å². The van der Waals surface area contributed by atoms with Crippen LogP contribution in [0.2, 0.25) is 0 Å². The van der Waals surface area contributed by atoms with E-state index >= 15 is 0 Å². The van der Waals surface area contributed by atoms with Gasteiger partial charge >= 0.3 is 6.09 Å². The van der Waals surface area contributed by atoms with Gasteiger partial charge in [-0.25, -0.2) is 4.79 Å². The Morgan fingerprint density at radius 1 is 1.38 bits per heavy atom. The SMILES string of the molecule is CC1(COS(C)(=O)=O)CC1NC(=O)OCc1ccccc1. The lowest BCUT2D eigenvalue weighted by atomic mass is 10.1. The van der Waals surface area contributed by atoms with Crippen LogP contribution in [-0.2, 0) is 25.6 Å². The van der Waals surface area contributed by atoms with Crippen molar-refractivity contribution in [2.45, 2.75) is 26.0 Å². The molecule has 0 heterocycles. The molecule has 6 nitrogen and oxygen atoms in total. The lowest BCUT2D eigenvalue weighted by Gasteiger charge is -2.12. The Morgan fingerprint density at radius 3 is 2.67 bits per heavy atom. The van der Waals surface area contributed by atoms with Crippen molar-refractivity contribution in [1.82, 2.24) is 5.32 Å². The van der Waals surface area contributed by atoms with Crippen LogP contribution >= 0.6 is 0 Å². The number of amides is 1. The fourth-order valence-corrected chi connectivity index (χ4v) is 2.42. The highest BCUT2D eigenvalue weighted by molar-refractivity contribution is 7.85. The normalized spacial score (nSPS) is 24.4. The lowest BCUT2D eigenvalue weighted by Crippen LogP contribution is -2.31. The third-order valence-corrected chi connectivity index (χ3v) is 4.01. The van der Waals surface area contributed by atoms with E-state index in [1.807, 2.05) is 37.3 Å². The van der Waals surface area contributed by atoms with Crippen molar-refractivity contribution >= 4 is 16.2 Å². The minimum atomic E-state index is -3.46. The predicted octanol–water partition coefficient (Wildman–Crippen LogP) is 1.67. The van der Waals surface area contributed by atoms with Crippen LogP contribution in [0.4, 0.5) is 4.79 Å². The first-order valence-electron chi connectivity index (χ1n) is 6.60. The molecule has 116 valence electrons. The fraction of sp³-hybridized carbons (Fsp3) is 0.500. The van der Waals surface area contributed by atoms with Crippen LogP contribution in [0, 0.1) is 5.41 Å². The van der Waals surface area contributed by atoms with Crippen LogP contribution in [0.1, 0.15) is 18.9 Å². The van der Waals surface area contributed by atoms with Gasteiger partial charge < -0.3 is 10.1 Å². The lowest BCUT2D eigenvalue weighted by molar-refractivity contribution is 0.136. The summed E-state index contributed by atoms with van der Waals surface area (Å²) in [6, 6.07) is 9.25. The summed E-state index contributed by atoms with van der Waals surface area (Å²) in [5.74, 6) is 0. The first kappa shape index (κ1) is 15.8. The summed E-state index contributed by atoms with van der Waals surface area (Å²) < 4.78 is 31.8. The van der Waals surface area contributed by atoms with Gasteiger partial charge in [-0.2, -0.15) is 8.42 Å². The van der Waals surface area contributed by atoms with E-state index in [-0.39, 0.29) is 24.7 Å². The van der Waals surface area contributed by atoms with Gasteiger partial charge in [0.1, 0.15) is 6.61 Å². The molecular weight excluding hydrogens is 294 g/mol. The Morgan fingerprint density at radius 2 is 2.05 bits per heavy atom. The number of ether oxygens (including phenoxy) is 1. The van der Waals surface area contributed by atoms with E-state index in [4.69, 9.17) is 8.92 Å². The molecule has 1 saturated carbocycles. The molecule has 1 aromatic carbocycles. The molecule has 0 bridgehead atoms. The van der Waals surface area contributed by atoms with Crippen molar-refractivity contribution in [2.24, 2.45) is 5.41 Å². The van der Waals surface area contributed by atoms with Crippen LogP contribution in [0.3, 0.4) is 0 Å². The molecule has 0 aliphatic heterocycles. The van der Waals surface area contributed by atoms with Crippen molar-refractivity contribution in [1.29, 1.82) is 0 Å². The van der Waals surface area contributed by atoms with E-state index < -0.39 is 16.2 Å². The predicted molar refractivity (Wildman–Crippen MR) is 77.1 cm³/mol. The highest BCUT2D eigenvalue weighted by atomic mass is 32.2. The third-order valence-electron chi connectivity index (χ3n) is 3.46. The third kappa shape index (κ3) is 5.02. The molecule has 2 rings (SSSR count). The Kier molecular flexibility index (Phi) is 4.53. The van der Waals surface area contributed by atoms with Crippen molar-refractivity contribution in [3.63, 3.8) is 0 Å². The van der Waals surface area contributed by atoms with Gasteiger partial charge in [0.2, 0.25) is 0 Å². The summed E-state index contributed by atoms with van der Waals surface area (Å²) in [5, 5.41) is 2.71. The average Bonchev–Trinajstić information content (AvgIpc) is 3.06. The number of nitrogens with one attached hydrogen (secondary N) is 1. The number of carbonyl (C=O) groups is 1. The number of alkyl carbamates (subject to hydrolysis) is 1. The Labute approximate surface area is 124 Å². The number of hydrogen-bond acceptors (Lipinski definition) is 5. The van der Waals surface area contributed by atoms with Gasteiger partial charge in [-0.15, -0.1) is 0 Å². The highest BCUT2D eigenvalue weighted by Crippen LogP contribution is 2.45. The zero-order chi connectivity index (χ0) is 15.5. The van der Waals surface area contributed by atoms with E-state index in [9.17, 15) is 13.2 Å². The second-order valence-corrected chi connectivity index (χ2v) is 7.23. The Bertz CT molecular complexity index is 601. The van der Waals surface area contributed by atoms with Gasteiger partial charge in [0.15, 0.2) is 0 Å². The van der Waals surface area contributed by atoms with Crippen molar-refractivity contribution in [3.05, 3.63) is 35.9 Å². The second-order valence-electron chi connectivity index (χ2n) is 5.58. The molecule has 1 fully saturated rings. The van der Waals surface area contributed by atoms with Crippen molar-refractivity contribution in [2.75, 3.05) is 12.9 Å². The molecule has 1 amide bonds. The summed E-state index contributed by atoms with van der Waals surface area (Å²) in [7, 11) is -3.46. The monoisotopic (exact) mass is 313 g/mol. The first-order valence-corrected chi connectivity index (χ1v) is 8.42. The van der Waals surface area contributed by atoms with Crippen LogP contribution in [0.25, 0.3) is 0 Å². The molecule has 0 saturated heterocycles. The zero-order valence-corrected chi connectivity index (χ0v) is 12.9. The van der Waals surface area contributed by atoms with Crippen molar-refractivity contribution in [3.8, 4) is 0 Å². The van der Waals surface area contributed by atoms with Crippen LogP contribution in [0.15, 0.2) is 30.3 Å². The van der Waals surface area contributed by atoms with Gasteiger partial charge in [0.05, 0.1) is 12.9 Å². The topological polar surface area (TPSA) is 81.7 Å². The summed E-state index contributed by atoms with van der Waals surface area (Å²) in [5.41, 5.74) is 0.557. The summed E-state index contributed by atoms with van der Waals surface area (Å²) in [6.45, 7) is 2.13. The maximum Gasteiger partial charge on any atom is 0.407 e. The van der Waals surface area contributed by atoms with E-state index in [0.29, 0.717) is 6.42 Å². The largest absolute Gasteiger partial charge is 0.445 e. The molecule has 7 heteroatoms. The van der Waals surface area contributed by atoms with Gasteiger partial charge in [-0.3, -0.25) is 4.18 Å². The standard InChI is InChI=1S/C14H19NO5S/c1-14(10-20-21(2,17)18)8-12(14)15-13(16)19-9-11-6-4-3-5-7-11/h3-7,12H,8-10H2,1-2H3,(H,15,16). The van der Waals surface area contributed by atoms with Gasteiger partial charge in [-0.05, 0) is 12.0 Å². The second kappa shape index (κ2) is 6.03. The molecule has 0 radical (unpaired) electrons. The molecule has 2 unspecified atom stereocenters. The highest BCUT2D eigenvalue weighted by Gasteiger charge is 2.52. The van der Waals surface area contributed by atoms with Crippen LogP contribution < -0.4 is 5.32 Å². The number of carbonyl (C=O) groups excluding carboxylic acids is 1. The fourth-order valence-electron chi connectivity index (χ4n) is 1.94. The summed E-state index contributed by atoms with van der Waals surface area (Å²) >= 11 is 0. The molecule has 0 spiro atoms. The maximum absolute atomic E-state index is 11.7. The molecule has 21 heavy (non-hydrogen) atoms. The molecular formula is C14H19NO5S. The molecule has 1 aliphatic carbocycles. The molecule has 0 aromatic heterocycles.